The summed E-state index contributed by atoms with van der Waals surface area (Å²) in [6, 6.07) is -0.790. The van der Waals surface area contributed by atoms with Gasteiger partial charge in [0.25, 0.3) is 0 Å². The molecule has 1 N–H and O–H groups in total. The number of allylic oxidation sites excluding steroid dienone is 1. The van der Waals surface area contributed by atoms with Crippen molar-refractivity contribution in [1.82, 2.24) is 9.80 Å². The van der Waals surface area contributed by atoms with Crippen molar-refractivity contribution in [1.29, 1.82) is 0 Å². The number of aliphatic hydroxyl groups excluding tert-OH is 1. The summed E-state index contributed by atoms with van der Waals surface area (Å²) in [6.07, 6.45) is 14.2. The van der Waals surface area contributed by atoms with Crippen molar-refractivity contribution in [2.24, 2.45) is 11.8 Å². The van der Waals surface area contributed by atoms with Crippen molar-refractivity contribution in [2.45, 2.75) is 95.4 Å². The minimum Gasteiger partial charge on any atom is -0.465 e. The van der Waals surface area contributed by atoms with Gasteiger partial charge >= 0.3 is 5.97 Å². The fourth-order valence-corrected chi connectivity index (χ4v) is 6.61. The van der Waals surface area contributed by atoms with Crippen molar-refractivity contribution >= 4 is 17.8 Å². The Morgan fingerprint density at radius 2 is 1.86 bits per heavy atom. The number of esters is 1. The third kappa shape index (κ3) is 4.62. The average Bonchev–Trinajstić information content (AvgIpc) is 3.18. The van der Waals surface area contributed by atoms with E-state index in [0.717, 1.165) is 51.4 Å². The van der Waals surface area contributed by atoms with Crippen LogP contribution in [0.1, 0.15) is 72.1 Å². The van der Waals surface area contributed by atoms with Crippen LogP contribution in [-0.2, 0) is 23.9 Å². The molecule has 0 radical (unpaired) electrons. The maximum absolute atomic E-state index is 14.2. The lowest BCUT2D eigenvalue weighted by Gasteiger charge is -2.38. The summed E-state index contributed by atoms with van der Waals surface area (Å²) in [7, 11) is 0. The highest BCUT2D eigenvalue weighted by Crippen LogP contribution is 2.57. The standard InChI is InChI=1S/C28H42N2O6/c1-4-13-20(2)29-17-12-15-28-21(22-26(34)35-19-11-7-8-14-27(22,3)36-28)24(32)30(23(28)25(29)33)16-9-5-6-10-18-31/h8,12,14-15,20-23,31H,4-7,9-11,13,16-19H2,1-3H3/b14-8-/t20?,21-,22+,23?,27-,28-/m0/s1. The Kier molecular flexibility index (Phi) is 8.25. The van der Waals surface area contributed by atoms with Gasteiger partial charge in [0.15, 0.2) is 0 Å². The van der Waals surface area contributed by atoms with Crippen LogP contribution in [0.4, 0.5) is 0 Å². The molecule has 0 aromatic carbocycles. The molecule has 2 saturated heterocycles. The largest absolute Gasteiger partial charge is 0.465 e. The summed E-state index contributed by atoms with van der Waals surface area (Å²) in [5, 5.41) is 9.11. The van der Waals surface area contributed by atoms with Gasteiger partial charge in [-0.2, -0.15) is 0 Å². The number of amides is 2. The van der Waals surface area contributed by atoms with E-state index in [2.05, 4.69) is 13.8 Å². The quantitative estimate of drug-likeness (QED) is 0.296. The molecule has 8 heteroatoms. The van der Waals surface area contributed by atoms with E-state index in [1.807, 2.05) is 36.1 Å². The first-order valence-electron chi connectivity index (χ1n) is 13.7. The topological polar surface area (TPSA) is 96.4 Å². The number of ether oxygens (including phenoxy) is 2. The molecule has 4 heterocycles. The van der Waals surface area contributed by atoms with Gasteiger partial charge in [-0.25, -0.2) is 0 Å². The Bertz CT molecular complexity index is 902. The zero-order valence-electron chi connectivity index (χ0n) is 22.0. The van der Waals surface area contributed by atoms with E-state index in [9.17, 15) is 14.4 Å². The van der Waals surface area contributed by atoms with Crippen LogP contribution in [0.2, 0.25) is 0 Å². The minimum absolute atomic E-state index is 0.0295. The van der Waals surface area contributed by atoms with E-state index in [-0.39, 0.29) is 24.5 Å². The van der Waals surface area contributed by atoms with Crippen LogP contribution in [0.5, 0.6) is 0 Å². The van der Waals surface area contributed by atoms with Gasteiger partial charge in [-0.1, -0.05) is 50.5 Å². The molecule has 0 saturated carbocycles. The van der Waals surface area contributed by atoms with Gasteiger partial charge in [0.2, 0.25) is 11.8 Å². The van der Waals surface area contributed by atoms with Gasteiger partial charge in [0.05, 0.1) is 18.1 Å². The van der Waals surface area contributed by atoms with Gasteiger partial charge < -0.3 is 24.4 Å². The highest BCUT2D eigenvalue weighted by molar-refractivity contribution is 5.99. The number of likely N-dealkylation sites (tertiary alicyclic amines) is 1. The van der Waals surface area contributed by atoms with Crippen molar-refractivity contribution in [3.63, 3.8) is 0 Å². The monoisotopic (exact) mass is 502 g/mol. The van der Waals surface area contributed by atoms with Crippen LogP contribution in [-0.4, -0.2) is 82.3 Å². The first-order chi connectivity index (χ1) is 17.3. The lowest BCUT2D eigenvalue weighted by Crippen LogP contribution is -2.57. The molecule has 0 bridgehead atoms. The maximum Gasteiger partial charge on any atom is 0.313 e. The van der Waals surface area contributed by atoms with Crippen LogP contribution in [0, 0.1) is 11.8 Å². The highest BCUT2D eigenvalue weighted by atomic mass is 16.6. The number of aliphatic hydroxyl groups is 1. The Balaban J connectivity index is 1.75. The van der Waals surface area contributed by atoms with Gasteiger partial charge in [0, 0.05) is 25.7 Å². The summed E-state index contributed by atoms with van der Waals surface area (Å²) in [5.41, 5.74) is -2.26. The predicted molar refractivity (Wildman–Crippen MR) is 135 cm³/mol. The smallest absolute Gasteiger partial charge is 0.313 e. The Morgan fingerprint density at radius 3 is 2.61 bits per heavy atom. The predicted octanol–water partition coefficient (Wildman–Crippen LogP) is 2.99. The van der Waals surface area contributed by atoms with E-state index >= 15 is 0 Å². The molecular formula is C28H42N2O6. The highest BCUT2D eigenvalue weighted by Gasteiger charge is 2.74. The number of carbonyl (C=O) groups excluding carboxylic acids is 3. The van der Waals surface area contributed by atoms with Crippen molar-refractivity contribution in [2.75, 3.05) is 26.3 Å². The molecule has 4 aliphatic heterocycles. The number of hydrogen-bond acceptors (Lipinski definition) is 6. The zero-order chi connectivity index (χ0) is 25.9. The number of nitrogens with zero attached hydrogens (tertiary/aromatic N) is 2. The number of cyclic esters (lactones) is 1. The Morgan fingerprint density at radius 1 is 1.08 bits per heavy atom. The second kappa shape index (κ2) is 11.1. The number of unbranched alkanes of at least 4 members (excludes halogenated alkanes) is 3. The molecule has 1 spiro atoms. The van der Waals surface area contributed by atoms with Crippen LogP contribution < -0.4 is 0 Å². The number of rotatable bonds is 9. The molecule has 2 fully saturated rings. The van der Waals surface area contributed by atoms with Crippen LogP contribution in [0.15, 0.2) is 24.3 Å². The minimum atomic E-state index is -1.22. The van der Waals surface area contributed by atoms with E-state index in [1.54, 1.807) is 4.90 Å². The van der Waals surface area contributed by atoms with Crippen molar-refractivity contribution in [3.8, 4) is 0 Å². The number of carbonyl (C=O) groups is 3. The summed E-state index contributed by atoms with van der Waals surface area (Å²) in [4.78, 5) is 45.2. The van der Waals surface area contributed by atoms with Crippen molar-refractivity contribution in [3.05, 3.63) is 24.3 Å². The SMILES string of the molecule is CCCC(C)N1CC=C[C@]23O[C@@]4(C)/C=C\CCCOC(=O)[C@H]4[C@H]2C(=O)N(CCCCCCO)C3C1=O. The van der Waals surface area contributed by atoms with Gasteiger partial charge in [-0.15, -0.1) is 0 Å². The molecular weight excluding hydrogens is 460 g/mol. The second-order valence-corrected chi connectivity index (χ2v) is 10.9. The summed E-state index contributed by atoms with van der Waals surface area (Å²) >= 11 is 0. The van der Waals surface area contributed by atoms with E-state index in [4.69, 9.17) is 14.6 Å². The van der Waals surface area contributed by atoms with Crippen LogP contribution in [0.3, 0.4) is 0 Å². The average molecular weight is 503 g/mol. The van der Waals surface area contributed by atoms with E-state index in [0.29, 0.717) is 19.7 Å². The molecule has 36 heavy (non-hydrogen) atoms. The summed E-state index contributed by atoms with van der Waals surface area (Å²) in [6.45, 7) is 7.32. The molecule has 4 rings (SSSR count). The fraction of sp³-hybridized carbons (Fsp3) is 0.750. The number of hydrogen-bond donors (Lipinski definition) is 1. The Labute approximate surface area is 214 Å². The molecule has 2 unspecified atom stereocenters. The van der Waals surface area contributed by atoms with Crippen LogP contribution >= 0.6 is 0 Å². The first kappa shape index (κ1) is 26.9. The molecule has 200 valence electrons. The van der Waals surface area contributed by atoms with Crippen molar-refractivity contribution < 1.29 is 29.0 Å². The number of fused-ring (bicyclic) bond motifs is 2. The van der Waals surface area contributed by atoms with E-state index in [1.165, 1.54) is 0 Å². The van der Waals surface area contributed by atoms with E-state index < -0.39 is 35.0 Å². The first-order valence-corrected chi connectivity index (χ1v) is 13.7. The molecule has 8 nitrogen and oxygen atoms in total. The zero-order valence-corrected chi connectivity index (χ0v) is 22.0. The molecule has 2 amide bonds. The molecule has 6 atom stereocenters. The normalized spacial score (nSPS) is 35.8. The fourth-order valence-electron chi connectivity index (χ4n) is 6.61. The van der Waals surface area contributed by atoms with Gasteiger partial charge in [-0.05, 0) is 46.0 Å². The third-order valence-corrected chi connectivity index (χ3v) is 8.33. The summed E-state index contributed by atoms with van der Waals surface area (Å²) < 4.78 is 12.4. The summed E-state index contributed by atoms with van der Waals surface area (Å²) in [5.74, 6) is -2.38. The molecule has 4 aliphatic rings. The maximum atomic E-state index is 14.2. The van der Waals surface area contributed by atoms with Crippen LogP contribution in [0.25, 0.3) is 0 Å². The molecule has 0 aromatic heterocycles. The third-order valence-electron chi connectivity index (χ3n) is 8.33. The second-order valence-electron chi connectivity index (χ2n) is 10.9. The lowest BCUT2D eigenvalue weighted by molar-refractivity contribution is -0.160. The van der Waals surface area contributed by atoms with Gasteiger partial charge in [-0.3, -0.25) is 14.4 Å². The van der Waals surface area contributed by atoms with Gasteiger partial charge in [0.1, 0.15) is 17.6 Å². The molecule has 0 aromatic rings. The lowest BCUT2D eigenvalue weighted by atomic mass is 9.74. The Hall–Kier alpha value is -2.19. The molecule has 0 aliphatic carbocycles.